The average molecular weight is 381 g/mol. The van der Waals surface area contributed by atoms with Crippen LogP contribution in [0.15, 0.2) is 36.4 Å². The van der Waals surface area contributed by atoms with E-state index in [0.717, 1.165) is 40.3 Å². The number of hydrogen-bond donors (Lipinski definition) is 0. The van der Waals surface area contributed by atoms with Crippen molar-refractivity contribution < 1.29 is 23.7 Å². The molecular weight excluding hydrogens is 358 g/mol. The summed E-state index contributed by atoms with van der Waals surface area (Å²) in [5.41, 5.74) is 3.27. The van der Waals surface area contributed by atoms with E-state index in [1.165, 1.54) is 0 Å². The number of para-hydroxylation sites is 1. The van der Waals surface area contributed by atoms with Crippen LogP contribution in [0, 0.1) is 0 Å². The zero-order valence-corrected chi connectivity index (χ0v) is 15.9. The smallest absolute Gasteiger partial charge is 0.245 e. The maximum Gasteiger partial charge on any atom is 0.245 e. The highest BCUT2D eigenvalue weighted by molar-refractivity contribution is 6.11. The monoisotopic (exact) mass is 381 g/mol. The van der Waals surface area contributed by atoms with E-state index in [0.29, 0.717) is 39.6 Å². The van der Waals surface area contributed by atoms with Gasteiger partial charge in [-0.05, 0) is 23.3 Å². The van der Waals surface area contributed by atoms with Crippen molar-refractivity contribution in [1.29, 1.82) is 0 Å². The first kappa shape index (κ1) is 17.5. The summed E-state index contributed by atoms with van der Waals surface area (Å²) in [7, 11) is 1.65. The number of ether oxygens (including phenoxy) is 4. The molecule has 0 N–H and O–H groups in total. The van der Waals surface area contributed by atoms with Gasteiger partial charge in [-0.1, -0.05) is 18.2 Å². The number of amides is 1. The van der Waals surface area contributed by atoms with Gasteiger partial charge in [0.05, 0.1) is 26.4 Å². The molecule has 28 heavy (non-hydrogen) atoms. The molecule has 6 heteroatoms. The molecule has 0 saturated carbocycles. The zero-order valence-electron chi connectivity index (χ0n) is 15.9. The lowest BCUT2D eigenvalue weighted by molar-refractivity contribution is -0.122. The molecule has 5 rings (SSSR count). The summed E-state index contributed by atoms with van der Waals surface area (Å²) in [6, 6.07) is 12.1. The fourth-order valence-electron chi connectivity index (χ4n) is 4.47. The molecule has 0 bridgehead atoms. The van der Waals surface area contributed by atoms with Gasteiger partial charge in [-0.2, -0.15) is 0 Å². The van der Waals surface area contributed by atoms with Crippen molar-refractivity contribution in [3.05, 3.63) is 53.1 Å². The number of methoxy groups -OCH3 is 1. The topological polar surface area (TPSA) is 57.2 Å². The maximum absolute atomic E-state index is 13.7. The first-order valence-electron chi connectivity index (χ1n) is 9.67. The minimum absolute atomic E-state index is 0.0571. The molecule has 146 valence electrons. The van der Waals surface area contributed by atoms with Gasteiger partial charge < -0.3 is 23.8 Å². The number of fused-ring (bicyclic) bond motifs is 5. The molecule has 3 aliphatic heterocycles. The van der Waals surface area contributed by atoms with E-state index >= 15 is 0 Å². The van der Waals surface area contributed by atoms with Crippen LogP contribution < -0.4 is 14.4 Å². The average Bonchev–Trinajstić information content (AvgIpc) is 3.38. The molecule has 0 aliphatic carbocycles. The van der Waals surface area contributed by atoms with Gasteiger partial charge in [0.2, 0.25) is 5.91 Å². The van der Waals surface area contributed by atoms with Crippen molar-refractivity contribution in [2.24, 2.45) is 0 Å². The van der Waals surface area contributed by atoms with Gasteiger partial charge in [-0.25, -0.2) is 0 Å². The number of rotatable bonds is 6. The van der Waals surface area contributed by atoms with Crippen LogP contribution in [-0.2, 0) is 26.1 Å². The fourth-order valence-corrected chi connectivity index (χ4v) is 4.47. The van der Waals surface area contributed by atoms with Crippen LogP contribution in [0.3, 0.4) is 0 Å². The van der Waals surface area contributed by atoms with Crippen LogP contribution in [0.5, 0.6) is 11.5 Å². The number of hydrogen-bond acceptors (Lipinski definition) is 5. The lowest BCUT2D eigenvalue weighted by atomic mass is 9.76. The second-order valence-electron chi connectivity index (χ2n) is 7.33. The highest BCUT2D eigenvalue weighted by Gasteiger charge is 2.57. The standard InChI is InChI=1S/C22H23NO5/c1-25-10-11-26-9-7-23-18-5-3-2-4-16(18)22(21(23)24)14-28-20-13-19-15(6-8-27-19)12-17(20)22/h2-5,12-13H,6-11,14H2,1H3. The number of anilines is 1. The molecular formula is C22H23NO5. The van der Waals surface area contributed by atoms with Gasteiger partial charge in [0, 0.05) is 37.4 Å². The normalized spacial score (nSPS) is 21.5. The van der Waals surface area contributed by atoms with Crippen LogP contribution in [0.4, 0.5) is 5.69 Å². The van der Waals surface area contributed by atoms with Crippen LogP contribution in [0.1, 0.15) is 16.7 Å². The Morgan fingerprint density at radius 1 is 1.07 bits per heavy atom. The van der Waals surface area contributed by atoms with Crippen molar-refractivity contribution in [1.82, 2.24) is 0 Å². The first-order chi connectivity index (χ1) is 13.8. The highest BCUT2D eigenvalue weighted by atomic mass is 16.5. The summed E-state index contributed by atoms with van der Waals surface area (Å²) in [6.45, 7) is 3.03. The van der Waals surface area contributed by atoms with Crippen molar-refractivity contribution >= 4 is 11.6 Å². The summed E-state index contributed by atoms with van der Waals surface area (Å²) in [4.78, 5) is 15.5. The van der Waals surface area contributed by atoms with Crippen LogP contribution in [0.25, 0.3) is 0 Å². The molecule has 1 atom stereocenters. The Bertz CT molecular complexity index is 927. The van der Waals surface area contributed by atoms with Crippen LogP contribution in [-0.4, -0.2) is 52.6 Å². The van der Waals surface area contributed by atoms with Gasteiger partial charge in [0.1, 0.15) is 23.5 Å². The number of carbonyl (C=O) groups excluding carboxylic acids is 1. The summed E-state index contributed by atoms with van der Waals surface area (Å²) < 4.78 is 22.3. The number of carbonyl (C=O) groups is 1. The van der Waals surface area contributed by atoms with Crippen molar-refractivity contribution in [3.8, 4) is 11.5 Å². The van der Waals surface area contributed by atoms with Crippen molar-refractivity contribution in [2.75, 3.05) is 51.6 Å². The van der Waals surface area contributed by atoms with Gasteiger partial charge >= 0.3 is 0 Å². The largest absolute Gasteiger partial charge is 0.493 e. The quantitative estimate of drug-likeness (QED) is 0.719. The SMILES string of the molecule is COCCOCCN1C(=O)C2(COc3cc4c(cc32)CCO4)c2ccccc21. The summed E-state index contributed by atoms with van der Waals surface area (Å²) >= 11 is 0. The predicted octanol–water partition coefficient (Wildman–Crippen LogP) is 2.31. The predicted molar refractivity (Wildman–Crippen MR) is 103 cm³/mol. The van der Waals surface area contributed by atoms with Crippen LogP contribution >= 0.6 is 0 Å². The number of nitrogens with zero attached hydrogens (tertiary/aromatic N) is 1. The molecule has 3 aliphatic rings. The van der Waals surface area contributed by atoms with E-state index in [-0.39, 0.29) is 5.91 Å². The molecule has 1 spiro atoms. The Balaban J connectivity index is 1.51. The number of benzene rings is 2. The fraction of sp³-hybridized carbons (Fsp3) is 0.409. The van der Waals surface area contributed by atoms with Gasteiger partial charge in [0.15, 0.2) is 0 Å². The Morgan fingerprint density at radius 3 is 2.86 bits per heavy atom. The van der Waals surface area contributed by atoms with Gasteiger partial charge in [-0.15, -0.1) is 0 Å². The molecule has 1 amide bonds. The van der Waals surface area contributed by atoms with Crippen molar-refractivity contribution in [3.63, 3.8) is 0 Å². The minimum Gasteiger partial charge on any atom is -0.493 e. The molecule has 6 nitrogen and oxygen atoms in total. The second kappa shape index (κ2) is 6.79. The Kier molecular flexibility index (Phi) is 4.25. The summed E-state index contributed by atoms with van der Waals surface area (Å²) in [6.07, 6.45) is 0.867. The molecule has 0 radical (unpaired) electrons. The highest BCUT2D eigenvalue weighted by Crippen LogP contribution is 2.53. The third-order valence-corrected chi connectivity index (χ3v) is 5.85. The molecule has 0 saturated heterocycles. The molecule has 3 heterocycles. The minimum atomic E-state index is -0.782. The second-order valence-corrected chi connectivity index (χ2v) is 7.33. The van der Waals surface area contributed by atoms with Crippen LogP contribution in [0.2, 0.25) is 0 Å². The maximum atomic E-state index is 13.7. The first-order valence-corrected chi connectivity index (χ1v) is 9.67. The molecule has 0 aromatic heterocycles. The van der Waals surface area contributed by atoms with Gasteiger partial charge in [0.25, 0.3) is 0 Å². The third-order valence-electron chi connectivity index (χ3n) is 5.85. The zero-order chi connectivity index (χ0) is 19.1. The lowest BCUT2D eigenvalue weighted by Crippen LogP contribution is -2.43. The van der Waals surface area contributed by atoms with E-state index < -0.39 is 5.41 Å². The van der Waals surface area contributed by atoms with E-state index in [4.69, 9.17) is 18.9 Å². The van der Waals surface area contributed by atoms with Crippen molar-refractivity contribution in [2.45, 2.75) is 11.8 Å². The Hall–Kier alpha value is -2.57. The molecule has 2 aromatic rings. The van der Waals surface area contributed by atoms with Gasteiger partial charge in [-0.3, -0.25) is 4.79 Å². The van der Waals surface area contributed by atoms with E-state index in [1.807, 2.05) is 35.2 Å². The molecule has 0 fully saturated rings. The summed E-state index contributed by atoms with van der Waals surface area (Å²) in [5, 5.41) is 0. The Morgan fingerprint density at radius 2 is 1.96 bits per heavy atom. The Labute approximate surface area is 163 Å². The lowest BCUT2D eigenvalue weighted by Gasteiger charge is -2.23. The third kappa shape index (κ3) is 2.45. The van der Waals surface area contributed by atoms with E-state index in [1.54, 1.807) is 7.11 Å². The van der Waals surface area contributed by atoms with E-state index in [9.17, 15) is 4.79 Å². The summed E-state index contributed by atoms with van der Waals surface area (Å²) in [5.74, 6) is 1.68. The molecule has 1 unspecified atom stereocenters. The molecule has 2 aromatic carbocycles. The van der Waals surface area contributed by atoms with E-state index in [2.05, 4.69) is 6.07 Å².